The van der Waals surface area contributed by atoms with Gasteiger partial charge in [-0.2, -0.15) is 13.2 Å². The minimum atomic E-state index is -4.31. The largest absolute Gasteiger partial charge is 0.418 e. The fraction of sp³-hybridized carbons (Fsp3) is 0.625. The zero-order valence-electron chi connectivity index (χ0n) is 12.3. The van der Waals surface area contributed by atoms with Crippen LogP contribution in [0, 0.1) is 6.92 Å². The Hall–Kier alpha value is -1.23. The maximum Gasteiger partial charge on any atom is 0.418 e. The number of rotatable bonds is 3. The summed E-state index contributed by atoms with van der Waals surface area (Å²) in [5.41, 5.74) is 0.366. The van der Waals surface area contributed by atoms with E-state index >= 15 is 0 Å². The van der Waals surface area contributed by atoms with Crippen LogP contribution in [-0.2, 0) is 6.18 Å². The van der Waals surface area contributed by atoms with Crippen LogP contribution in [0.2, 0.25) is 0 Å². The van der Waals surface area contributed by atoms with Gasteiger partial charge in [0.05, 0.1) is 5.56 Å². The highest BCUT2D eigenvalue weighted by atomic mass is 19.4. The first-order valence-electron chi connectivity index (χ1n) is 7.58. The first-order valence-corrected chi connectivity index (χ1v) is 7.58. The maximum atomic E-state index is 13.1. The number of nitrogens with zero attached hydrogens (tertiary/aromatic N) is 1. The molecule has 0 aromatic heterocycles. The van der Waals surface area contributed by atoms with Crippen molar-refractivity contribution in [2.75, 3.05) is 25.0 Å². The third kappa shape index (κ3) is 2.76. The van der Waals surface area contributed by atoms with Crippen LogP contribution in [0.15, 0.2) is 18.2 Å². The Labute approximate surface area is 123 Å². The highest BCUT2D eigenvalue weighted by Crippen LogP contribution is 2.40. The molecular formula is C16H21F3N2. The number of fused-ring (bicyclic) bond motifs is 1. The van der Waals surface area contributed by atoms with Crippen LogP contribution in [0.3, 0.4) is 0 Å². The number of benzene rings is 1. The Morgan fingerprint density at radius 2 is 1.86 bits per heavy atom. The molecule has 2 saturated heterocycles. The molecule has 0 amide bonds. The van der Waals surface area contributed by atoms with Crippen LogP contribution >= 0.6 is 0 Å². The van der Waals surface area contributed by atoms with Gasteiger partial charge in [0.15, 0.2) is 0 Å². The second-order valence-electron chi connectivity index (χ2n) is 6.32. The van der Waals surface area contributed by atoms with Crippen molar-refractivity contribution in [3.05, 3.63) is 29.3 Å². The first kappa shape index (κ1) is 14.7. The van der Waals surface area contributed by atoms with Gasteiger partial charge in [-0.3, -0.25) is 4.90 Å². The zero-order valence-corrected chi connectivity index (χ0v) is 12.3. The summed E-state index contributed by atoms with van der Waals surface area (Å²) in [6, 6.07) is 4.51. The molecule has 1 N–H and O–H groups in total. The average molecular weight is 298 g/mol. The fourth-order valence-electron chi connectivity index (χ4n) is 3.82. The van der Waals surface area contributed by atoms with E-state index in [2.05, 4.69) is 10.2 Å². The van der Waals surface area contributed by atoms with E-state index < -0.39 is 11.7 Å². The van der Waals surface area contributed by atoms with Gasteiger partial charge in [-0.25, -0.2) is 0 Å². The van der Waals surface area contributed by atoms with E-state index in [1.54, 1.807) is 19.1 Å². The minimum absolute atomic E-state index is 0.0771. The number of anilines is 1. The number of hydrogen-bond acceptors (Lipinski definition) is 2. The van der Waals surface area contributed by atoms with Crippen LogP contribution < -0.4 is 5.32 Å². The van der Waals surface area contributed by atoms with Crippen molar-refractivity contribution in [2.45, 2.75) is 44.3 Å². The molecule has 116 valence electrons. The minimum Gasteiger partial charge on any atom is -0.383 e. The summed E-state index contributed by atoms with van der Waals surface area (Å²) in [7, 11) is 0. The molecule has 0 radical (unpaired) electrons. The summed E-state index contributed by atoms with van der Waals surface area (Å²) in [5.74, 6) is 0. The maximum absolute atomic E-state index is 13.1. The predicted octanol–water partition coefficient (Wildman–Crippen LogP) is 4.05. The van der Waals surface area contributed by atoms with Crippen LogP contribution in [0.1, 0.15) is 36.8 Å². The van der Waals surface area contributed by atoms with Crippen molar-refractivity contribution < 1.29 is 13.2 Å². The predicted molar refractivity (Wildman–Crippen MR) is 77.4 cm³/mol. The van der Waals surface area contributed by atoms with Crippen LogP contribution in [0.4, 0.5) is 18.9 Å². The molecule has 2 heterocycles. The lowest BCUT2D eigenvalue weighted by atomic mass is 9.93. The van der Waals surface area contributed by atoms with Crippen LogP contribution in [0.5, 0.6) is 0 Å². The van der Waals surface area contributed by atoms with Gasteiger partial charge in [-0.1, -0.05) is 11.6 Å². The molecule has 21 heavy (non-hydrogen) atoms. The molecule has 0 bridgehead atoms. The van der Waals surface area contributed by atoms with Crippen molar-refractivity contribution in [1.29, 1.82) is 0 Å². The van der Waals surface area contributed by atoms with Gasteiger partial charge in [-0.05, 0) is 57.8 Å². The molecular weight excluding hydrogens is 277 g/mol. The Balaban J connectivity index is 1.79. The van der Waals surface area contributed by atoms with Crippen LogP contribution in [-0.4, -0.2) is 30.1 Å². The zero-order chi connectivity index (χ0) is 15.1. The number of alkyl halides is 3. The van der Waals surface area contributed by atoms with Crippen molar-refractivity contribution in [3.8, 4) is 0 Å². The molecule has 0 aliphatic carbocycles. The third-order valence-corrected chi connectivity index (χ3v) is 4.90. The molecule has 2 nitrogen and oxygen atoms in total. The Kier molecular flexibility index (Phi) is 3.64. The lowest BCUT2D eigenvalue weighted by molar-refractivity contribution is -0.137. The summed E-state index contributed by atoms with van der Waals surface area (Å²) in [6.07, 6.45) is 0.181. The summed E-state index contributed by atoms with van der Waals surface area (Å²) < 4.78 is 39.4. The molecule has 0 spiro atoms. The van der Waals surface area contributed by atoms with E-state index in [0.29, 0.717) is 12.1 Å². The van der Waals surface area contributed by atoms with E-state index in [0.717, 1.165) is 38.8 Å². The molecule has 2 aliphatic heterocycles. The highest BCUT2D eigenvalue weighted by Gasteiger charge is 2.44. The molecule has 0 atom stereocenters. The number of nitrogens with one attached hydrogen (secondary N) is 1. The second kappa shape index (κ2) is 5.20. The third-order valence-electron chi connectivity index (χ3n) is 4.90. The molecule has 3 rings (SSSR count). The molecule has 5 heteroatoms. The van der Waals surface area contributed by atoms with Gasteiger partial charge in [0, 0.05) is 17.8 Å². The number of aryl methyl sites for hydroxylation is 1. The van der Waals surface area contributed by atoms with Gasteiger partial charge in [0.25, 0.3) is 0 Å². The quantitative estimate of drug-likeness (QED) is 0.905. The second-order valence-corrected chi connectivity index (χ2v) is 6.32. The molecule has 1 aromatic carbocycles. The van der Waals surface area contributed by atoms with Crippen molar-refractivity contribution >= 4 is 5.69 Å². The van der Waals surface area contributed by atoms with Gasteiger partial charge < -0.3 is 5.32 Å². The van der Waals surface area contributed by atoms with Crippen LogP contribution in [0.25, 0.3) is 0 Å². The van der Waals surface area contributed by atoms with E-state index in [9.17, 15) is 13.2 Å². The summed E-state index contributed by atoms with van der Waals surface area (Å²) in [4.78, 5) is 2.45. The van der Waals surface area contributed by atoms with E-state index in [1.165, 1.54) is 6.07 Å². The molecule has 2 fully saturated rings. The lowest BCUT2D eigenvalue weighted by Crippen LogP contribution is -2.44. The van der Waals surface area contributed by atoms with E-state index in [4.69, 9.17) is 0 Å². The molecule has 0 saturated carbocycles. The Bertz CT molecular complexity index is 515. The van der Waals surface area contributed by atoms with Gasteiger partial charge in [-0.15, -0.1) is 0 Å². The SMILES string of the molecule is Cc1ccc(NCC23CCCN2CCC3)c(C(F)(F)F)c1. The van der Waals surface area contributed by atoms with E-state index in [1.807, 2.05) is 0 Å². The van der Waals surface area contributed by atoms with Gasteiger partial charge in [0.1, 0.15) is 0 Å². The summed E-state index contributed by atoms with van der Waals surface area (Å²) in [6.45, 7) is 4.47. The normalized spacial score (nSPS) is 21.5. The topological polar surface area (TPSA) is 15.3 Å². The summed E-state index contributed by atoms with van der Waals surface area (Å²) in [5, 5.41) is 3.09. The van der Waals surface area contributed by atoms with E-state index in [-0.39, 0.29) is 11.2 Å². The van der Waals surface area contributed by atoms with Crippen molar-refractivity contribution in [2.24, 2.45) is 0 Å². The van der Waals surface area contributed by atoms with Gasteiger partial charge in [0.2, 0.25) is 0 Å². The molecule has 1 aromatic rings. The number of halogens is 3. The lowest BCUT2D eigenvalue weighted by Gasteiger charge is -2.33. The summed E-state index contributed by atoms with van der Waals surface area (Å²) >= 11 is 0. The highest BCUT2D eigenvalue weighted by molar-refractivity contribution is 5.54. The molecule has 0 unspecified atom stereocenters. The monoisotopic (exact) mass is 298 g/mol. The first-order chi connectivity index (χ1) is 9.91. The Morgan fingerprint density at radius 3 is 2.48 bits per heavy atom. The van der Waals surface area contributed by atoms with Crippen molar-refractivity contribution in [3.63, 3.8) is 0 Å². The molecule has 2 aliphatic rings. The Morgan fingerprint density at radius 1 is 1.19 bits per heavy atom. The van der Waals surface area contributed by atoms with Gasteiger partial charge >= 0.3 is 6.18 Å². The average Bonchev–Trinajstić information content (AvgIpc) is 2.95. The smallest absolute Gasteiger partial charge is 0.383 e. The fourth-order valence-corrected chi connectivity index (χ4v) is 3.82. The standard InChI is InChI=1S/C16H21F3N2/c1-12-4-5-14(13(10-12)16(17,18)19)20-11-15-6-2-8-21(15)9-3-7-15/h4-5,10,20H,2-3,6-9,11H2,1H3. The number of hydrogen-bond donors (Lipinski definition) is 1. The van der Waals surface area contributed by atoms with Crippen molar-refractivity contribution in [1.82, 2.24) is 4.90 Å².